The summed E-state index contributed by atoms with van der Waals surface area (Å²) in [6.07, 6.45) is 0. The van der Waals surface area contributed by atoms with Gasteiger partial charge in [0.25, 0.3) is 0 Å². The van der Waals surface area contributed by atoms with Crippen LogP contribution in [0.4, 0.5) is 5.69 Å². The molecule has 0 saturated heterocycles. The lowest BCUT2D eigenvalue weighted by Gasteiger charge is -2.04. The number of hydrogen-bond donors (Lipinski definition) is 1. The summed E-state index contributed by atoms with van der Waals surface area (Å²) in [5.74, 6) is 0.0856. The average molecular weight is 171 g/mol. The van der Waals surface area contributed by atoms with E-state index in [0.717, 1.165) is 0 Å². The summed E-state index contributed by atoms with van der Waals surface area (Å²) in [6, 6.07) is 6.45. The molecule has 0 aliphatic rings. The Morgan fingerprint density at radius 2 is 2.38 bits per heavy atom. The van der Waals surface area contributed by atoms with Gasteiger partial charge in [-0.1, -0.05) is 12.1 Å². The van der Waals surface area contributed by atoms with Gasteiger partial charge in [0.15, 0.2) is 0 Å². The number of nitrogens with zero attached hydrogens (tertiary/aromatic N) is 2. The van der Waals surface area contributed by atoms with E-state index in [2.05, 4.69) is 9.50 Å². The van der Waals surface area contributed by atoms with Crippen molar-refractivity contribution in [1.29, 1.82) is 5.26 Å². The highest BCUT2D eigenvalue weighted by Crippen LogP contribution is 2.30. The summed E-state index contributed by atoms with van der Waals surface area (Å²) in [5, 5.41) is 17.0. The van der Waals surface area contributed by atoms with Crippen molar-refractivity contribution in [3.05, 3.63) is 35.2 Å². The molecule has 1 N–H and O–H groups in total. The molecule has 1 radical (unpaired) electrons. The lowest BCUT2D eigenvalue weighted by molar-refractivity contribution is 0.454. The van der Waals surface area contributed by atoms with Crippen LogP contribution in [0.25, 0.3) is 4.85 Å². The van der Waals surface area contributed by atoms with Crippen molar-refractivity contribution in [2.24, 2.45) is 0 Å². The van der Waals surface area contributed by atoms with Gasteiger partial charge in [-0.2, -0.15) is 5.26 Å². The van der Waals surface area contributed by atoms with Crippen LogP contribution in [0.3, 0.4) is 0 Å². The van der Waals surface area contributed by atoms with Crippen LogP contribution in [0.1, 0.15) is 5.56 Å². The first-order chi connectivity index (χ1) is 6.33. The van der Waals surface area contributed by atoms with Crippen LogP contribution >= 0.6 is 0 Å². The van der Waals surface area contributed by atoms with Crippen LogP contribution in [-0.4, -0.2) is 12.7 Å². The SMILES string of the molecule is [C-]#[N+]c1cccc(C#N)c1O[B]O. The third kappa shape index (κ3) is 1.78. The maximum Gasteiger partial charge on any atom is 0.568 e. The zero-order valence-electron chi connectivity index (χ0n) is 6.56. The van der Waals surface area contributed by atoms with Gasteiger partial charge >= 0.3 is 7.69 Å². The van der Waals surface area contributed by atoms with E-state index in [1.165, 1.54) is 12.1 Å². The van der Waals surface area contributed by atoms with E-state index >= 15 is 0 Å². The Bertz CT molecular complexity index is 360. The maximum absolute atomic E-state index is 8.64. The first kappa shape index (κ1) is 9.12. The Morgan fingerprint density at radius 1 is 1.62 bits per heavy atom. The van der Waals surface area contributed by atoms with Crippen molar-refractivity contribution in [2.75, 3.05) is 0 Å². The highest BCUT2D eigenvalue weighted by atomic mass is 16.5. The topological polar surface area (TPSA) is 57.6 Å². The van der Waals surface area contributed by atoms with Gasteiger partial charge in [-0.25, -0.2) is 4.85 Å². The van der Waals surface area contributed by atoms with E-state index in [-0.39, 0.29) is 17.0 Å². The zero-order chi connectivity index (χ0) is 9.68. The monoisotopic (exact) mass is 171 g/mol. The fourth-order valence-corrected chi connectivity index (χ4v) is 0.877. The number of benzene rings is 1. The zero-order valence-corrected chi connectivity index (χ0v) is 6.56. The fraction of sp³-hybridized carbons (Fsp3) is 0. The Kier molecular flexibility index (Phi) is 2.91. The molecule has 13 heavy (non-hydrogen) atoms. The van der Waals surface area contributed by atoms with Crippen LogP contribution in [0.15, 0.2) is 18.2 Å². The van der Waals surface area contributed by atoms with E-state index in [4.69, 9.17) is 16.9 Å². The molecule has 0 aliphatic carbocycles. The molecule has 61 valence electrons. The third-order valence-corrected chi connectivity index (χ3v) is 1.41. The molecule has 1 aromatic rings. The molecule has 0 aromatic heterocycles. The molecule has 0 fully saturated rings. The van der Waals surface area contributed by atoms with Gasteiger partial charge in [-0.05, 0) is 6.07 Å². The second-order valence-corrected chi connectivity index (χ2v) is 2.10. The van der Waals surface area contributed by atoms with Gasteiger partial charge in [0.1, 0.15) is 11.8 Å². The van der Waals surface area contributed by atoms with E-state index in [1.54, 1.807) is 6.07 Å². The Hall–Kier alpha value is -1.98. The van der Waals surface area contributed by atoms with Gasteiger partial charge in [0.05, 0.1) is 12.1 Å². The summed E-state index contributed by atoms with van der Waals surface area (Å²) in [6.45, 7) is 6.77. The molecule has 1 aromatic carbocycles. The van der Waals surface area contributed by atoms with Crippen molar-refractivity contribution in [1.82, 2.24) is 0 Å². The van der Waals surface area contributed by atoms with Crippen LogP contribution in [-0.2, 0) is 0 Å². The van der Waals surface area contributed by atoms with E-state index in [1.807, 2.05) is 6.07 Å². The second kappa shape index (κ2) is 4.15. The van der Waals surface area contributed by atoms with Crippen molar-refractivity contribution in [3.63, 3.8) is 0 Å². The molecule has 0 heterocycles. The molecule has 0 bridgehead atoms. The van der Waals surface area contributed by atoms with Crippen molar-refractivity contribution >= 4 is 13.4 Å². The average Bonchev–Trinajstić information content (AvgIpc) is 2.18. The molecule has 0 amide bonds. The molecule has 0 saturated carbocycles. The van der Waals surface area contributed by atoms with Gasteiger partial charge < -0.3 is 9.68 Å². The number of para-hydroxylation sites is 1. The summed E-state index contributed by atoms with van der Waals surface area (Å²) < 4.78 is 4.64. The third-order valence-electron chi connectivity index (χ3n) is 1.41. The van der Waals surface area contributed by atoms with E-state index in [9.17, 15) is 0 Å². The number of rotatable bonds is 2. The predicted octanol–water partition coefficient (Wildman–Crippen LogP) is 1.01. The Morgan fingerprint density at radius 3 is 2.92 bits per heavy atom. The minimum Gasteiger partial charge on any atom is -0.545 e. The summed E-state index contributed by atoms with van der Waals surface area (Å²) >= 11 is 0. The van der Waals surface area contributed by atoms with Gasteiger partial charge in [-0.15, -0.1) is 0 Å². The lowest BCUT2D eigenvalue weighted by atomic mass is 10.2. The van der Waals surface area contributed by atoms with Crippen molar-refractivity contribution in [3.8, 4) is 11.8 Å². The summed E-state index contributed by atoms with van der Waals surface area (Å²) in [4.78, 5) is 3.14. The number of hydrogen-bond acceptors (Lipinski definition) is 3. The van der Waals surface area contributed by atoms with Gasteiger partial charge in [0, 0.05) is 0 Å². The minimum atomic E-state index is 0.0856. The first-order valence-electron chi connectivity index (χ1n) is 3.36. The highest BCUT2D eigenvalue weighted by Gasteiger charge is 2.08. The molecule has 0 aliphatic heterocycles. The lowest BCUT2D eigenvalue weighted by Crippen LogP contribution is -2.01. The smallest absolute Gasteiger partial charge is 0.545 e. The van der Waals surface area contributed by atoms with Crippen molar-refractivity contribution in [2.45, 2.75) is 0 Å². The van der Waals surface area contributed by atoms with Gasteiger partial charge in [0.2, 0.25) is 5.69 Å². The quantitative estimate of drug-likeness (QED) is 0.533. The molecule has 1 rings (SSSR count). The standard InChI is InChI=1S/C8H4BN2O2/c1-11-7-4-2-3-6(5-10)8(7)13-9-12/h2-4,12H. The maximum atomic E-state index is 8.64. The van der Waals surface area contributed by atoms with Crippen LogP contribution in [0.5, 0.6) is 5.75 Å². The minimum absolute atomic E-state index is 0.0856. The molecule has 5 heteroatoms. The van der Waals surface area contributed by atoms with Gasteiger partial charge in [-0.3, -0.25) is 0 Å². The normalized spacial score (nSPS) is 8.23. The molecular formula is C8H4BN2O2. The van der Waals surface area contributed by atoms with Crippen LogP contribution < -0.4 is 4.65 Å². The molecule has 0 atom stereocenters. The molecular weight excluding hydrogens is 167 g/mol. The van der Waals surface area contributed by atoms with Crippen LogP contribution in [0, 0.1) is 17.9 Å². The molecule has 0 spiro atoms. The van der Waals surface area contributed by atoms with Crippen molar-refractivity contribution < 1.29 is 9.68 Å². The molecule has 4 nitrogen and oxygen atoms in total. The predicted molar refractivity (Wildman–Crippen MR) is 46.0 cm³/mol. The molecule has 0 unspecified atom stereocenters. The first-order valence-corrected chi connectivity index (χ1v) is 3.36. The largest absolute Gasteiger partial charge is 0.568 e. The van der Waals surface area contributed by atoms with E-state index in [0.29, 0.717) is 7.69 Å². The second-order valence-electron chi connectivity index (χ2n) is 2.10. The number of nitriles is 1. The summed E-state index contributed by atoms with van der Waals surface area (Å²) in [7, 11) is 0.449. The Balaban J connectivity index is 3.25. The summed E-state index contributed by atoms with van der Waals surface area (Å²) in [5.41, 5.74) is 0.420. The fourth-order valence-electron chi connectivity index (χ4n) is 0.877. The highest BCUT2D eigenvalue weighted by molar-refractivity contribution is 6.17. The van der Waals surface area contributed by atoms with Crippen LogP contribution in [0.2, 0.25) is 0 Å². The van der Waals surface area contributed by atoms with E-state index < -0.39 is 0 Å². The Labute approximate surface area is 76.1 Å².